The second kappa shape index (κ2) is 17.0. The maximum Gasteiger partial charge on any atom is 0.319 e. The number of unbranched alkanes of at least 4 members (excludes halogenated alkanes) is 1. The number of ether oxygens (including phenoxy) is 3. The number of hydrogen-bond donors (Lipinski definition) is 5. The number of rotatable bonds is 8. The lowest BCUT2D eigenvalue weighted by molar-refractivity contribution is -0.142. The van der Waals surface area contributed by atoms with Crippen LogP contribution in [0.4, 0.5) is 10.5 Å². The Hall–Kier alpha value is -3.26. The van der Waals surface area contributed by atoms with Crippen LogP contribution in [0.5, 0.6) is 0 Å². The number of para-hydroxylation sites is 1. The summed E-state index contributed by atoms with van der Waals surface area (Å²) < 4.78 is 16.4. The Labute approximate surface area is 246 Å². The molecule has 3 aliphatic rings. The van der Waals surface area contributed by atoms with Gasteiger partial charge < -0.3 is 45.7 Å². The average molecular weight is 589 g/mol. The second-order valence-electron chi connectivity index (χ2n) is 10.8. The van der Waals surface area contributed by atoms with Gasteiger partial charge in [0, 0.05) is 50.6 Å². The second-order valence-corrected chi connectivity index (χ2v) is 10.8. The van der Waals surface area contributed by atoms with Crippen molar-refractivity contribution in [3.8, 4) is 0 Å². The van der Waals surface area contributed by atoms with E-state index in [0.717, 1.165) is 12.8 Å². The maximum absolute atomic E-state index is 13.9. The SMILES string of the molecule is O=C1COCCOCCNC(=O)[C@@H]2C[C@H](NC3CCOCC3)CN2C(=O)[C@H](CCCCNC(=O)Nc2ccccc2)N1. The Kier molecular flexibility index (Phi) is 12.8. The average Bonchev–Trinajstić information content (AvgIpc) is 3.41. The van der Waals surface area contributed by atoms with Crippen LogP contribution < -0.4 is 26.6 Å². The molecule has 0 bridgehead atoms. The molecule has 5 N–H and O–H groups in total. The maximum atomic E-state index is 13.9. The van der Waals surface area contributed by atoms with Gasteiger partial charge >= 0.3 is 6.03 Å². The molecule has 3 atom stereocenters. The number of hydrogen-bond acceptors (Lipinski definition) is 8. The summed E-state index contributed by atoms with van der Waals surface area (Å²) in [6.45, 7) is 3.12. The standard InChI is InChI=1S/C29H44N6O7/c36-26-20-42-17-16-41-15-12-30-27(37)25-18-23(32-22-9-13-40-14-10-22)19-35(25)28(38)24(34-26)8-4-5-11-31-29(39)33-21-6-2-1-3-7-21/h1-3,6-7,22-25,32H,4-5,8-20H2,(H,30,37)(H,34,36)(H2,31,33,39)/t23-,24-,25-/m0/s1. The van der Waals surface area contributed by atoms with Gasteiger partial charge in [-0.2, -0.15) is 0 Å². The number of benzene rings is 1. The number of carbonyl (C=O) groups is 4. The van der Waals surface area contributed by atoms with E-state index < -0.39 is 18.0 Å². The summed E-state index contributed by atoms with van der Waals surface area (Å²) >= 11 is 0. The zero-order chi connectivity index (χ0) is 29.6. The Bertz CT molecular complexity index is 1020. The molecule has 1 aromatic carbocycles. The highest BCUT2D eigenvalue weighted by molar-refractivity contribution is 5.93. The fraction of sp³-hybridized carbons (Fsp3) is 0.655. The zero-order valence-electron chi connectivity index (χ0n) is 24.1. The van der Waals surface area contributed by atoms with Crippen LogP contribution >= 0.6 is 0 Å². The first-order chi connectivity index (χ1) is 20.5. The molecule has 0 aliphatic carbocycles. The van der Waals surface area contributed by atoms with E-state index in [1.165, 1.54) is 0 Å². The van der Waals surface area contributed by atoms with Crippen LogP contribution in [-0.4, -0.2) is 112 Å². The highest BCUT2D eigenvalue weighted by Gasteiger charge is 2.42. The van der Waals surface area contributed by atoms with Gasteiger partial charge in [-0.1, -0.05) is 18.2 Å². The summed E-state index contributed by atoms with van der Waals surface area (Å²) in [6, 6.07) is 7.59. The van der Waals surface area contributed by atoms with E-state index in [1.807, 2.05) is 18.2 Å². The van der Waals surface area contributed by atoms with E-state index in [2.05, 4.69) is 26.6 Å². The van der Waals surface area contributed by atoms with Crippen LogP contribution in [0.25, 0.3) is 0 Å². The summed E-state index contributed by atoms with van der Waals surface area (Å²) in [7, 11) is 0. The van der Waals surface area contributed by atoms with Crippen molar-refractivity contribution < 1.29 is 33.4 Å². The minimum atomic E-state index is -0.822. The van der Waals surface area contributed by atoms with Gasteiger partial charge in [-0.3, -0.25) is 14.4 Å². The van der Waals surface area contributed by atoms with Crippen LogP contribution in [0.3, 0.4) is 0 Å². The molecular weight excluding hydrogens is 544 g/mol. The Morgan fingerprint density at radius 1 is 0.929 bits per heavy atom. The molecule has 1 aromatic rings. The van der Waals surface area contributed by atoms with E-state index in [1.54, 1.807) is 17.0 Å². The van der Waals surface area contributed by atoms with Crippen molar-refractivity contribution in [2.75, 3.05) is 64.6 Å². The highest BCUT2D eigenvalue weighted by Crippen LogP contribution is 2.22. The Morgan fingerprint density at radius 3 is 2.50 bits per heavy atom. The van der Waals surface area contributed by atoms with Crippen molar-refractivity contribution in [1.29, 1.82) is 0 Å². The third kappa shape index (κ3) is 10.2. The molecule has 0 aromatic heterocycles. The predicted octanol–water partition coefficient (Wildman–Crippen LogP) is 0.364. The molecule has 13 heteroatoms. The predicted molar refractivity (Wildman–Crippen MR) is 155 cm³/mol. The van der Waals surface area contributed by atoms with Gasteiger partial charge in [-0.25, -0.2) is 4.79 Å². The molecule has 5 amide bonds. The van der Waals surface area contributed by atoms with Gasteiger partial charge in [-0.05, 0) is 50.7 Å². The zero-order valence-corrected chi connectivity index (χ0v) is 24.1. The number of nitrogens with one attached hydrogen (secondary N) is 5. The van der Waals surface area contributed by atoms with Crippen LogP contribution in [-0.2, 0) is 28.6 Å². The van der Waals surface area contributed by atoms with Gasteiger partial charge in [0.1, 0.15) is 18.7 Å². The topological polar surface area (TPSA) is 159 Å². The van der Waals surface area contributed by atoms with Crippen molar-refractivity contribution >= 4 is 29.4 Å². The lowest BCUT2D eigenvalue weighted by Crippen LogP contribution is -2.54. The molecule has 3 heterocycles. The van der Waals surface area contributed by atoms with Crippen molar-refractivity contribution in [2.45, 2.75) is 62.7 Å². The van der Waals surface area contributed by atoms with Gasteiger partial charge in [0.05, 0.1) is 19.8 Å². The van der Waals surface area contributed by atoms with Crippen molar-refractivity contribution in [2.24, 2.45) is 0 Å². The number of carbonyl (C=O) groups excluding carboxylic acids is 4. The van der Waals surface area contributed by atoms with Crippen molar-refractivity contribution in [1.82, 2.24) is 26.2 Å². The minimum absolute atomic E-state index is 0.0463. The first-order valence-electron chi connectivity index (χ1n) is 15.0. The quantitative estimate of drug-likeness (QED) is 0.272. The van der Waals surface area contributed by atoms with Gasteiger partial charge in [0.2, 0.25) is 17.7 Å². The molecule has 0 unspecified atom stereocenters. The normalized spacial score (nSPS) is 25.0. The van der Waals surface area contributed by atoms with Crippen LogP contribution in [0, 0.1) is 0 Å². The molecule has 4 rings (SSSR count). The number of anilines is 1. The molecule has 0 radical (unpaired) electrons. The van der Waals surface area contributed by atoms with Crippen LogP contribution in [0.1, 0.15) is 38.5 Å². The van der Waals surface area contributed by atoms with E-state index in [-0.39, 0.29) is 43.1 Å². The largest absolute Gasteiger partial charge is 0.381 e. The molecule has 3 saturated heterocycles. The van der Waals surface area contributed by atoms with Crippen LogP contribution in [0.2, 0.25) is 0 Å². The molecule has 3 aliphatic heterocycles. The highest BCUT2D eigenvalue weighted by atomic mass is 16.5. The fourth-order valence-electron chi connectivity index (χ4n) is 5.46. The van der Waals surface area contributed by atoms with E-state index in [4.69, 9.17) is 14.2 Å². The number of fused-ring (bicyclic) bond motifs is 1. The molecule has 42 heavy (non-hydrogen) atoms. The summed E-state index contributed by atoms with van der Waals surface area (Å²) in [4.78, 5) is 53.6. The van der Waals surface area contributed by atoms with Crippen LogP contribution in [0.15, 0.2) is 30.3 Å². The van der Waals surface area contributed by atoms with Crippen molar-refractivity contribution in [3.05, 3.63) is 30.3 Å². The minimum Gasteiger partial charge on any atom is -0.381 e. The monoisotopic (exact) mass is 588 g/mol. The third-order valence-electron chi connectivity index (χ3n) is 7.60. The smallest absolute Gasteiger partial charge is 0.319 e. The molecule has 0 spiro atoms. The van der Waals surface area contributed by atoms with E-state index >= 15 is 0 Å². The third-order valence-corrected chi connectivity index (χ3v) is 7.60. The first-order valence-corrected chi connectivity index (χ1v) is 15.0. The summed E-state index contributed by atoms with van der Waals surface area (Å²) in [5.74, 6) is -0.922. The molecule has 232 valence electrons. The van der Waals surface area contributed by atoms with E-state index in [0.29, 0.717) is 77.4 Å². The fourth-order valence-corrected chi connectivity index (χ4v) is 5.46. The Morgan fingerprint density at radius 2 is 1.69 bits per heavy atom. The number of amides is 5. The number of urea groups is 1. The van der Waals surface area contributed by atoms with Gasteiger partial charge in [0.25, 0.3) is 0 Å². The molecule has 3 fully saturated rings. The first kappa shape index (κ1) is 31.7. The van der Waals surface area contributed by atoms with Gasteiger partial charge in [0.15, 0.2) is 0 Å². The number of nitrogens with zero attached hydrogens (tertiary/aromatic N) is 1. The molecule has 13 nitrogen and oxygen atoms in total. The summed E-state index contributed by atoms with van der Waals surface area (Å²) in [5.41, 5.74) is 0.696. The van der Waals surface area contributed by atoms with E-state index in [9.17, 15) is 19.2 Å². The molecular formula is C29H44N6O7. The lowest BCUT2D eigenvalue weighted by atomic mass is 10.1. The lowest BCUT2D eigenvalue weighted by Gasteiger charge is -2.29. The van der Waals surface area contributed by atoms with Crippen molar-refractivity contribution in [3.63, 3.8) is 0 Å². The summed E-state index contributed by atoms with van der Waals surface area (Å²) in [6.07, 6.45) is 3.79. The molecule has 0 saturated carbocycles. The Balaban J connectivity index is 1.36. The summed E-state index contributed by atoms with van der Waals surface area (Å²) in [5, 5.41) is 14.9. The van der Waals surface area contributed by atoms with Gasteiger partial charge in [-0.15, -0.1) is 0 Å².